The number of carbonyl (C=O) groups excluding carboxylic acids is 1. The molecule has 1 aliphatic carbocycles. The maximum Gasteiger partial charge on any atom is 0.276 e. The molecule has 6 heteroatoms. The van der Waals surface area contributed by atoms with Crippen LogP contribution in [0.2, 0.25) is 0 Å². The number of nitrogens with zero attached hydrogens (tertiary/aromatic N) is 3. The van der Waals surface area contributed by atoms with E-state index < -0.39 is 0 Å². The van der Waals surface area contributed by atoms with Gasteiger partial charge in [0, 0.05) is 50.7 Å². The fourth-order valence-electron chi connectivity index (χ4n) is 3.72. The van der Waals surface area contributed by atoms with Gasteiger partial charge in [-0.15, -0.1) is 0 Å². The standard InChI is InChI=1S/C16H23N3O3/c1-21-7-6-18-5-4-16(9-18)10-19(11-16)15(20)13-8-14(22-17-13)12-2-3-12/h8,12H,2-7,9-11H2,1H3. The normalized spacial score (nSPS) is 24.0. The topological polar surface area (TPSA) is 58.8 Å². The van der Waals surface area contributed by atoms with Gasteiger partial charge in [-0.25, -0.2) is 0 Å². The molecule has 22 heavy (non-hydrogen) atoms. The van der Waals surface area contributed by atoms with Crippen LogP contribution in [0.25, 0.3) is 0 Å². The summed E-state index contributed by atoms with van der Waals surface area (Å²) < 4.78 is 10.4. The molecule has 3 fully saturated rings. The van der Waals surface area contributed by atoms with E-state index in [4.69, 9.17) is 9.26 Å². The van der Waals surface area contributed by atoms with Crippen LogP contribution in [0, 0.1) is 5.41 Å². The van der Waals surface area contributed by atoms with Gasteiger partial charge >= 0.3 is 0 Å². The monoisotopic (exact) mass is 305 g/mol. The van der Waals surface area contributed by atoms with Crippen LogP contribution >= 0.6 is 0 Å². The van der Waals surface area contributed by atoms with Gasteiger partial charge in [-0.05, 0) is 25.8 Å². The van der Waals surface area contributed by atoms with Crippen molar-refractivity contribution in [2.75, 3.05) is 46.4 Å². The average molecular weight is 305 g/mol. The minimum absolute atomic E-state index is 0.0246. The first-order valence-corrected chi connectivity index (χ1v) is 8.16. The predicted molar refractivity (Wildman–Crippen MR) is 79.7 cm³/mol. The molecule has 3 aliphatic rings. The number of likely N-dealkylation sites (tertiary alicyclic amines) is 2. The summed E-state index contributed by atoms with van der Waals surface area (Å²) in [6.45, 7) is 5.65. The molecule has 1 amide bonds. The van der Waals surface area contributed by atoms with Crippen LogP contribution in [0.3, 0.4) is 0 Å². The lowest BCUT2D eigenvalue weighted by atomic mass is 9.79. The van der Waals surface area contributed by atoms with E-state index in [0.29, 0.717) is 17.0 Å². The summed E-state index contributed by atoms with van der Waals surface area (Å²) in [7, 11) is 1.74. The van der Waals surface area contributed by atoms with Gasteiger partial charge in [0.2, 0.25) is 0 Å². The van der Waals surface area contributed by atoms with E-state index in [2.05, 4.69) is 10.1 Å². The van der Waals surface area contributed by atoms with E-state index in [0.717, 1.165) is 57.9 Å². The zero-order valence-electron chi connectivity index (χ0n) is 13.1. The van der Waals surface area contributed by atoms with E-state index in [1.807, 2.05) is 11.0 Å². The number of ether oxygens (including phenoxy) is 1. The SMILES string of the molecule is COCCN1CCC2(C1)CN(C(=O)c1cc(C3CC3)on1)C2. The Balaban J connectivity index is 1.31. The zero-order valence-corrected chi connectivity index (χ0v) is 13.1. The highest BCUT2D eigenvalue weighted by Crippen LogP contribution is 2.42. The van der Waals surface area contributed by atoms with Crippen LogP contribution in [-0.2, 0) is 4.74 Å². The fraction of sp³-hybridized carbons (Fsp3) is 0.750. The van der Waals surface area contributed by atoms with Crippen molar-refractivity contribution in [3.05, 3.63) is 17.5 Å². The molecule has 0 unspecified atom stereocenters. The molecule has 0 bridgehead atoms. The highest BCUT2D eigenvalue weighted by Gasteiger charge is 2.49. The minimum atomic E-state index is 0.0246. The molecule has 0 N–H and O–H groups in total. The van der Waals surface area contributed by atoms with Gasteiger partial charge in [0.05, 0.1) is 6.61 Å². The van der Waals surface area contributed by atoms with E-state index >= 15 is 0 Å². The lowest BCUT2D eigenvalue weighted by Crippen LogP contribution is -2.59. The molecule has 1 spiro atoms. The quantitative estimate of drug-likeness (QED) is 0.822. The third-order valence-corrected chi connectivity index (χ3v) is 5.20. The van der Waals surface area contributed by atoms with Gasteiger partial charge in [-0.2, -0.15) is 0 Å². The van der Waals surface area contributed by atoms with Crippen molar-refractivity contribution in [1.82, 2.24) is 15.0 Å². The molecule has 1 aromatic heterocycles. The Morgan fingerprint density at radius 2 is 2.27 bits per heavy atom. The summed E-state index contributed by atoms with van der Waals surface area (Å²) in [6, 6.07) is 1.84. The fourth-order valence-corrected chi connectivity index (χ4v) is 3.72. The Morgan fingerprint density at radius 3 is 3.00 bits per heavy atom. The lowest BCUT2D eigenvalue weighted by molar-refractivity contribution is 0.00894. The first kappa shape index (κ1) is 14.2. The second kappa shape index (κ2) is 5.35. The molecule has 2 aliphatic heterocycles. The van der Waals surface area contributed by atoms with Gasteiger partial charge in [-0.3, -0.25) is 4.79 Å². The maximum atomic E-state index is 12.4. The number of aromatic nitrogens is 1. The summed E-state index contributed by atoms with van der Waals surface area (Å²) in [5.74, 6) is 1.41. The first-order chi connectivity index (χ1) is 10.7. The molecular formula is C16H23N3O3. The highest BCUT2D eigenvalue weighted by atomic mass is 16.5. The number of rotatable bonds is 5. The largest absolute Gasteiger partial charge is 0.383 e. The Kier molecular flexibility index (Phi) is 3.46. The van der Waals surface area contributed by atoms with E-state index in [1.165, 1.54) is 6.42 Å². The summed E-state index contributed by atoms with van der Waals surface area (Å²) in [5, 5.41) is 3.96. The van der Waals surface area contributed by atoms with Crippen molar-refractivity contribution in [2.24, 2.45) is 5.41 Å². The first-order valence-electron chi connectivity index (χ1n) is 8.16. The molecular weight excluding hydrogens is 282 g/mol. The Labute approximate surface area is 130 Å². The summed E-state index contributed by atoms with van der Waals surface area (Å²) in [5.41, 5.74) is 0.776. The van der Waals surface area contributed by atoms with Crippen LogP contribution in [0.15, 0.2) is 10.6 Å². The van der Waals surface area contributed by atoms with E-state index in [9.17, 15) is 4.79 Å². The average Bonchev–Trinajstić information content (AvgIpc) is 3.07. The molecule has 6 nitrogen and oxygen atoms in total. The predicted octanol–water partition coefficient (Wildman–Crippen LogP) is 1.35. The molecule has 3 heterocycles. The summed E-state index contributed by atoms with van der Waals surface area (Å²) in [4.78, 5) is 16.8. The Hall–Kier alpha value is -1.40. The number of hydrogen-bond donors (Lipinski definition) is 0. The smallest absolute Gasteiger partial charge is 0.276 e. The van der Waals surface area contributed by atoms with E-state index in [-0.39, 0.29) is 5.91 Å². The van der Waals surface area contributed by atoms with Crippen LogP contribution in [0.1, 0.15) is 41.4 Å². The van der Waals surface area contributed by atoms with Crippen molar-refractivity contribution in [1.29, 1.82) is 0 Å². The van der Waals surface area contributed by atoms with Gasteiger partial charge in [0.1, 0.15) is 5.76 Å². The van der Waals surface area contributed by atoms with Gasteiger partial charge in [-0.1, -0.05) is 5.16 Å². The van der Waals surface area contributed by atoms with Gasteiger partial charge in [0.15, 0.2) is 5.69 Å². The zero-order chi connectivity index (χ0) is 15.2. The van der Waals surface area contributed by atoms with Crippen molar-refractivity contribution >= 4 is 5.91 Å². The molecule has 0 atom stereocenters. The van der Waals surface area contributed by atoms with Crippen molar-refractivity contribution in [2.45, 2.75) is 25.2 Å². The molecule has 4 rings (SSSR count). The number of amides is 1. The van der Waals surface area contributed by atoms with Crippen molar-refractivity contribution < 1.29 is 14.1 Å². The summed E-state index contributed by atoms with van der Waals surface area (Å²) in [6.07, 6.45) is 3.49. The second-order valence-corrected chi connectivity index (χ2v) is 7.07. The third-order valence-electron chi connectivity index (χ3n) is 5.20. The molecule has 120 valence electrons. The maximum absolute atomic E-state index is 12.4. The third kappa shape index (κ3) is 2.54. The second-order valence-electron chi connectivity index (χ2n) is 7.07. The molecule has 1 aromatic rings. The molecule has 2 saturated heterocycles. The van der Waals surface area contributed by atoms with Crippen molar-refractivity contribution in [3.8, 4) is 0 Å². The lowest BCUT2D eigenvalue weighted by Gasteiger charge is -2.47. The highest BCUT2D eigenvalue weighted by molar-refractivity contribution is 5.93. The Morgan fingerprint density at radius 1 is 1.45 bits per heavy atom. The van der Waals surface area contributed by atoms with Crippen LogP contribution < -0.4 is 0 Å². The van der Waals surface area contributed by atoms with Gasteiger partial charge in [0.25, 0.3) is 5.91 Å². The number of methoxy groups -OCH3 is 1. The van der Waals surface area contributed by atoms with Crippen molar-refractivity contribution in [3.63, 3.8) is 0 Å². The molecule has 1 saturated carbocycles. The molecule has 0 radical (unpaired) electrons. The number of carbonyl (C=O) groups is 1. The van der Waals surface area contributed by atoms with Gasteiger partial charge < -0.3 is 19.1 Å². The minimum Gasteiger partial charge on any atom is -0.383 e. The summed E-state index contributed by atoms with van der Waals surface area (Å²) >= 11 is 0. The van der Waals surface area contributed by atoms with Crippen LogP contribution in [0.4, 0.5) is 0 Å². The van der Waals surface area contributed by atoms with Crippen LogP contribution in [-0.4, -0.2) is 67.3 Å². The van der Waals surface area contributed by atoms with E-state index in [1.54, 1.807) is 7.11 Å². The molecule has 0 aromatic carbocycles. The number of hydrogen-bond acceptors (Lipinski definition) is 5. The van der Waals surface area contributed by atoms with Crippen LogP contribution in [0.5, 0.6) is 0 Å². The Bertz CT molecular complexity index is 561.